The summed E-state index contributed by atoms with van der Waals surface area (Å²) >= 11 is 0. The first kappa shape index (κ1) is 15.4. The molecule has 6 nitrogen and oxygen atoms in total. The molecular formula is C16H17N3O3S. The molecule has 2 aromatic carbocycles. The molecule has 0 aliphatic rings. The van der Waals surface area contributed by atoms with Gasteiger partial charge in [0.05, 0.1) is 21.6 Å². The maximum atomic E-state index is 12.6. The Balaban J connectivity index is 2.02. The summed E-state index contributed by atoms with van der Waals surface area (Å²) in [6.45, 7) is 5.60. The van der Waals surface area contributed by atoms with E-state index >= 15 is 0 Å². The Morgan fingerprint density at radius 1 is 0.870 bits per heavy atom. The van der Waals surface area contributed by atoms with E-state index < -0.39 is 10.0 Å². The molecule has 0 radical (unpaired) electrons. The molecule has 0 saturated heterocycles. The average molecular weight is 331 g/mol. The van der Waals surface area contributed by atoms with E-state index in [9.17, 15) is 13.2 Å². The van der Waals surface area contributed by atoms with Gasteiger partial charge >= 0.3 is 5.69 Å². The normalized spacial score (nSPS) is 11.8. The Kier molecular flexibility index (Phi) is 3.52. The zero-order valence-corrected chi connectivity index (χ0v) is 13.8. The van der Waals surface area contributed by atoms with E-state index in [1.165, 1.54) is 0 Å². The van der Waals surface area contributed by atoms with E-state index in [0.29, 0.717) is 22.3 Å². The molecule has 0 atom stereocenters. The highest BCUT2D eigenvalue weighted by atomic mass is 32.2. The molecule has 0 aliphatic carbocycles. The van der Waals surface area contributed by atoms with Crippen LogP contribution in [0, 0.1) is 20.8 Å². The monoisotopic (exact) mass is 331 g/mol. The lowest BCUT2D eigenvalue weighted by molar-refractivity contribution is 0.600. The van der Waals surface area contributed by atoms with Crippen LogP contribution in [0.1, 0.15) is 16.7 Å². The molecule has 0 fully saturated rings. The second-order valence-corrected chi connectivity index (χ2v) is 7.30. The maximum Gasteiger partial charge on any atom is 0.323 e. The quantitative estimate of drug-likeness (QED) is 0.688. The van der Waals surface area contributed by atoms with Crippen molar-refractivity contribution >= 4 is 26.7 Å². The van der Waals surface area contributed by atoms with E-state index in [-0.39, 0.29) is 10.6 Å². The second-order valence-electron chi connectivity index (χ2n) is 5.65. The Hall–Kier alpha value is -2.54. The molecule has 0 bridgehead atoms. The molecule has 3 aromatic rings. The molecule has 0 amide bonds. The predicted molar refractivity (Wildman–Crippen MR) is 90.4 cm³/mol. The van der Waals surface area contributed by atoms with Gasteiger partial charge in [0.1, 0.15) is 0 Å². The number of imidazole rings is 1. The van der Waals surface area contributed by atoms with E-state index in [1.807, 2.05) is 19.9 Å². The van der Waals surface area contributed by atoms with Crippen LogP contribution in [-0.4, -0.2) is 18.4 Å². The molecule has 7 heteroatoms. The van der Waals surface area contributed by atoms with Gasteiger partial charge in [-0.1, -0.05) is 6.07 Å². The maximum absolute atomic E-state index is 12.6. The van der Waals surface area contributed by atoms with Gasteiger partial charge in [-0.2, -0.15) is 0 Å². The van der Waals surface area contributed by atoms with Gasteiger partial charge in [0.15, 0.2) is 0 Å². The lowest BCUT2D eigenvalue weighted by Gasteiger charge is -2.12. The molecule has 1 heterocycles. The largest absolute Gasteiger partial charge is 0.323 e. The molecule has 1 aromatic heterocycles. The van der Waals surface area contributed by atoms with Crippen molar-refractivity contribution in [2.24, 2.45) is 0 Å². The molecule has 0 unspecified atom stereocenters. The van der Waals surface area contributed by atoms with Crippen LogP contribution in [0.3, 0.4) is 0 Å². The Morgan fingerprint density at radius 3 is 2.26 bits per heavy atom. The zero-order chi connectivity index (χ0) is 16.8. The fourth-order valence-corrected chi connectivity index (χ4v) is 3.89. The Bertz CT molecular complexity index is 1060. The highest BCUT2D eigenvalue weighted by Gasteiger charge is 2.18. The highest BCUT2D eigenvalue weighted by Crippen LogP contribution is 2.23. The number of aromatic nitrogens is 2. The van der Waals surface area contributed by atoms with Crippen molar-refractivity contribution in [1.82, 2.24) is 9.97 Å². The first-order valence-electron chi connectivity index (χ1n) is 7.09. The number of anilines is 1. The van der Waals surface area contributed by atoms with Gasteiger partial charge in [-0.3, -0.25) is 4.72 Å². The Labute approximate surface area is 133 Å². The lowest BCUT2D eigenvalue weighted by atomic mass is 10.1. The minimum Gasteiger partial charge on any atom is -0.306 e. The highest BCUT2D eigenvalue weighted by molar-refractivity contribution is 7.92. The van der Waals surface area contributed by atoms with Crippen molar-refractivity contribution in [2.75, 3.05) is 4.72 Å². The second kappa shape index (κ2) is 5.27. The summed E-state index contributed by atoms with van der Waals surface area (Å²) in [6.07, 6.45) is 0. The third-order valence-corrected chi connectivity index (χ3v) is 5.37. The molecule has 3 rings (SSSR count). The number of fused-ring (bicyclic) bond motifs is 1. The van der Waals surface area contributed by atoms with E-state index in [0.717, 1.165) is 11.1 Å². The third kappa shape index (κ3) is 2.87. The first-order chi connectivity index (χ1) is 10.8. The van der Waals surface area contributed by atoms with Gasteiger partial charge in [0, 0.05) is 0 Å². The van der Waals surface area contributed by atoms with Crippen LogP contribution in [0.2, 0.25) is 0 Å². The molecule has 23 heavy (non-hydrogen) atoms. The topological polar surface area (TPSA) is 94.8 Å². The minimum atomic E-state index is -3.70. The van der Waals surface area contributed by atoms with Crippen LogP contribution in [0.15, 0.2) is 40.0 Å². The summed E-state index contributed by atoms with van der Waals surface area (Å²) in [7, 11) is -3.70. The van der Waals surface area contributed by atoms with Crippen LogP contribution in [0.4, 0.5) is 5.69 Å². The number of aryl methyl sites for hydroxylation is 3. The molecule has 0 aliphatic heterocycles. The fourth-order valence-electron chi connectivity index (χ4n) is 2.53. The van der Waals surface area contributed by atoms with Crippen molar-refractivity contribution in [3.8, 4) is 0 Å². The first-order valence-corrected chi connectivity index (χ1v) is 8.57. The number of H-pyrrole nitrogens is 2. The summed E-state index contributed by atoms with van der Waals surface area (Å²) in [5.74, 6) is 0. The number of rotatable bonds is 3. The number of benzene rings is 2. The number of nitrogens with one attached hydrogen (secondary N) is 3. The van der Waals surface area contributed by atoms with Gasteiger partial charge in [-0.15, -0.1) is 0 Å². The summed E-state index contributed by atoms with van der Waals surface area (Å²) in [6, 6.07) is 8.37. The summed E-state index contributed by atoms with van der Waals surface area (Å²) < 4.78 is 27.8. The van der Waals surface area contributed by atoms with Gasteiger partial charge in [0.2, 0.25) is 0 Å². The van der Waals surface area contributed by atoms with E-state index in [4.69, 9.17) is 0 Å². The van der Waals surface area contributed by atoms with Crippen molar-refractivity contribution in [2.45, 2.75) is 25.7 Å². The van der Waals surface area contributed by atoms with Crippen molar-refractivity contribution in [3.63, 3.8) is 0 Å². The summed E-state index contributed by atoms with van der Waals surface area (Å²) in [5.41, 5.74) is 3.90. The van der Waals surface area contributed by atoms with Crippen LogP contribution in [0.5, 0.6) is 0 Å². The molecule has 120 valence electrons. The number of aromatic amines is 2. The number of hydrogen-bond donors (Lipinski definition) is 3. The summed E-state index contributed by atoms with van der Waals surface area (Å²) in [4.78, 5) is 16.7. The number of hydrogen-bond acceptors (Lipinski definition) is 3. The summed E-state index contributed by atoms with van der Waals surface area (Å²) in [5, 5.41) is 0. The molecule has 3 N–H and O–H groups in total. The lowest BCUT2D eigenvalue weighted by Crippen LogP contribution is -2.14. The average Bonchev–Trinajstić information content (AvgIpc) is 2.81. The van der Waals surface area contributed by atoms with Gasteiger partial charge in [-0.05, 0) is 61.7 Å². The SMILES string of the molecule is Cc1cc(C)c(S(=O)(=O)Nc2ccc3[nH]c(=O)[nH]c3c2)cc1C. The van der Waals surface area contributed by atoms with Crippen molar-refractivity contribution in [1.29, 1.82) is 0 Å². The van der Waals surface area contributed by atoms with Crippen LogP contribution >= 0.6 is 0 Å². The molecule has 0 spiro atoms. The predicted octanol–water partition coefficient (Wildman–Crippen LogP) is 2.58. The minimum absolute atomic E-state index is 0.253. The van der Waals surface area contributed by atoms with Crippen LogP contribution < -0.4 is 10.4 Å². The van der Waals surface area contributed by atoms with E-state index in [2.05, 4.69) is 14.7 Å². The van der Waals surface area contributed by atoms with E-state index in [1.54, 1.807) is 31.2 Å². The zero-order valence-electron chi connectivity index (χ0n) is 13.0. The third-order valence-electron chi connectivity index (χ3n) is 3.85. The molecule has 0 saturated carbocycles. The number of sulfonamides is 1. The van der Waals surface area contributed by atoms with Crippen LogP contribution in [0.25, 0.3) is 11.0 Å². The Morgan fingerprint density at radius 2 is 1.52 bits per heavy atom. The fraction of sp³-hybridized carbons (Fsp3) is 0.188. The van der Waals surface area contributed by atoms with Gasteiger partial charge in [0.25, 0.3) is 10.0 Å². The molecular weight excluding hydrogens is 314 g/mol. The van der Waals surface area contributed by atoms with Crippen LogP contribution in [-0.2, 0) is 10.0 Å². The smallest absolute Gasteiger partial charge is 0.306 e. The van der Waals surface area contributed by atoms with Crippen molar-refractivity contribution in [3.05, 3.63) is 57.5 Å². The standard InChI is InChI=1S/C16H17N3O3S/c1-9-6-11(3)15(7-10(9)2)23(21,22)19-12-4-5-13-14(8-12)18-16(20)17-13/h4-8,19H,1-3H3,(H2,17,18,20). The van der Waals surface area contributed by atoms with Crippen molar-refractivity contribution < 1.29 is 8.42 Å². The van der Waals surface area contributed by atoms with Gasteiger partial charge < -0.3 is 9.97 Å². The van der Waals surface area contributed by atoms with Gasteiger partial charge in [-0.25, -0.2) is 13.2 Å².